The Kier molecular flexibility index (Phi) is 4.71. The van der Waals surface area contributed by atoms with Gasteiger partial charge in [-0.05, 0) is 30.9 Å². The Labute approximate surface area is 138 Å². The van der Waals surface area contributed by atoms with Crippen LogP contribution < -0.4 is 10.9 Å². The normalized spacial score (nSPS) is 13.8. The number of amides is 1. The molecule has 23 heavy (non-hydrogen) atoms. The first-order valence-electron chi connectivity index (χ1n) is 7.60. The van der Waals surface area contributed by atoms with Crippen LogP contribution in [0.25, 0.3) is 11.4 Å². The average molecular weight is 333 g/mol. The van der Waals surface area contributed by atoms with Crippen molar-refractivity contribution in [3.63, 3.8) is 0 Å². The standard InChI is InChI=1S/C16H17ClN4O2/c17-12-3-1-2-11(8-12)15-19-16(23)13(20-21-15)6-7-14(22)18-9-10-4-5-10/h1-3,8,10H,4-7,9H2,(H,18,22)(H,19,21,23). The van der Waals surface area contributed by atoms with Gasteiger partial charge in [-0.25, -0.2) is 0 Å². The minimum atomic E-state index is -0.329. The summed E-state index contributed by atoms with van der Waals surface area (Å²) in [6.07, 6.45) is 2.89. The summed E-state index contributed by atoms with van der Waals surface area (Å²) in [6.45, 7) is 0.731. The number of hydrogen-bond donors (Lipinski definition) is 2. The van der Waals surface area contributed by atoms with Crippen LogP contribution in [0.5, 0.6) is 0 Å². The summed E-state index contributed by atoms with van der Waals surface area (Å²) in [5.74, 6) is 0.940. The number of halogens is 1. The van der Waals surface area contributed by atoms with Crippen molar-refractivity contribution in [1.29, 1.82) is 0 Å². The summed E-state index contributed by atoms with van der Waals surface area (Å²) in [7, 11) is 0. The van der Waals surface area contributed by atoms with Crippen molar-refractivity contribution < 1.29 is 4.79 Å². The smallest absolute Gasteiger partial charge is 0.273 e. The highest BCUT2D eigenvalue weighted by molar-refractivity contribution is 6.30. The molecule has 1 aromatic carbocycles. The molecule has 0 radical (unpaired) electrons. The van der Waals surface area contributed by atoms with Crippen LogP contribution in [-0.2, 0) is 11.2 Å². The van der Waals surface area contributed by atoms with E-state index < -0.39 is 0 Å². The van der Waals surface area contributed by atoms with Gasteiger partial charge in [0.05, 0.1) is 0 Å². The number of hydrogen-bond acceptors (Lipinski definition) is 4. The van der Waals surface area contributed by atoms with Crippen LogP contribution in [0.2, 0.25) is 5.02 Å². The fourth-order valence-electron chi connectivity index (χ4n) is 2.19. The Morgan fingerprint density at radius 3 is 2.87 bits per heavy atom. The minimum Gasteiger partial charge on any atom is -0.356 e. The summed E-state index contributed by atoms with van der Waals surface area (Å²) < 4.78 is 0. The molecule has 1 aliphatic carbocycles. The third-order valence-corrected chi connectivity index (χ3v) is 3.97. The number of carbonyl (C=O) groups is 1. The minimum absolute atomic E-state index is 0.0583. The summed E-state index contributed by atoms with van der Waals surface area (Å²) in [5, 5.41) is 11.4. The topological polar surface area (TPSA) is 87.7 Å². The molecule has 7 heteroatoms. The van der Waals surface area contributed by atoms with Gasteiger partial charge in [-0.15, -0.1) is 10.2 Å². The number of aryl methyl sites for hydroxylation is 1. The SMILES string of the molecule is O=C(CCc1nnc(-c2cccc(Cl)c2)[nH]c1=O)NCC1CC1. The number of aromatic amines is 1. The predicted molar refractivity (Wildman–Crippen MR) is 87.2 cm³/mol. The molecule has 2 aromatic rings. The highest BCUT2D eigenvalue weighted by atomic mass is 35.5. The molecule has 1 fully saturated rings. The number of H-pyrrole nitrogens is 1. The maximum Gasteiger partial charge on any atom is 0.273 e. The molecular weight excluding hydrogens is 316 g/mol. The molecule has 2 N–H and O–H groups in total. The summed E-state index contributed by atoms with van der Waals surface area (Å²) >= 11 is 5.92. The molecule has 0 saturated heterocycles. The van der Waals surface area contributed by atoms with E-state index in [4.69, 9.17) is 11.6 Å². The second kappa shape index (κ2) is 6.91. The highest BCUT2D eigenvalue weighted by Crippen LogP contribution is 2.27. The van der Waals surface area contributed by atoms with Gasteiger partial charge in [0.2, 0.25) is 5.91 Å². The van der Waals surface area contributed by atoms with Gasteiger partial charge in [-0.2, -0.15) is 0 Å². The van der Waals surface area contributed by atoms with Gasteiger partial charge in [0.1, 0.15) is 5.69 Å². The molecule has 0 bridgehead atoms. The molecule has 0 spiro atoms. The maximum atomic E-state index is 12.1. The van der Waals surface area contributed by atoms with Crippen LogP contribution in [-0.4, -0.2) is 27.6 Å². The van der Waals surface area contributed by atoms with Gasteiger partial charge in [0.25, 0.3) is 5.56 Å². The van der Waals surface area contributed by atoms with E-state index in [1.54, 1.807) is 24.3 Å². The van der Waals surface area contributed by atoms with Crippen LogP contribution in [0, 0.1) is 5.92 Å². The fraction of sp³-hybridized carbons (Fsp3) is 0.375. The summed E-state index contributed by atoms with van der Waals surface area (Å²) in [4.78, 5) is 26.4. The lowest BCUT2D eigenvalue weighted by atomic mass is 10.2. The Bertz CT molecular complexity index is 771. The van der Waals surface area contributed by atoms with E-state index >= 15 is 0 Å². The molecule has 120 valence electrons. The van der Waals surface area contributed by atoms with E-state index in [-0.39, 0.29) is 30.0 Å². The molecule has 1 aromatic heterocycles. The largest absolute Gasteiger partial charge is 0.356 e. The van der Waals surface area contributed by atoms with Crippen LogP contribution in [0.4, 0.5) is 0 Å². The Morgan fingerprint density at radius 2 is 2.17 bits per heavy atom. The number of benzene rings is 1. The van der Waals surface area contributed by atoms with Gasteiger partial charge in [0.15, 0.2) is 5.82 Å². The molecular formula is C16H17ClN4O2. The molecule has 0 unspecified atom stereocenters. The molecule has 3 rings (SSSR count). The second-order valence-corrected chi connectivity index (χ2v) is 6.14. The maximum absolute atomic E-state index is 12.1. The van der Waals surface area contributed by atoms with Gasteiger partial charge >= 0.3 is 0 Å². The van der Waals surface area contributed by atoms with E-state index in [1.807, 2.05) is 0 Å². The van der Waals surface area contributed by atoms with Crippen molar-refractivity contribution in [3.05, 3.63) is 45.3 Å². The molecule has 1 aliphatic rings. The zero-order valence-electron chi connectivity index (χ0n) is 12.5. The van der Waals surface area contributed by atoms with Gasteiger partial charge in [-0.3, -0.25) is 9.59 Å². The van der Waals surface area contributed by atoms with Crippen LogP contribution in [0.15, 0.2) is 29.1 Å². The van der Waals surface area contributed by atoms with Crippen molar-refractivity contribution >= 4 is 17.5 Å². The number of nitrogens with one attached hydrogen (secondary N) is 2. The zero-order valence-corrected chi connectivity index (χ0v) is 13.3. The average Bonchev–Trinajstić information content (AvgIpc) is 3.36. The van der Waals surface area contributed by atoms with E-state index in [1.165, 1.54) is 12.8 Å². The first-order chi connectivity index (χ1) is 11.1. The molecule has 6 nitrogen and oxygen atoms in total. The first kappa shape index (κ1) is 15.7. The van der Waals surface area contributed by atoms with Crippen molar-refractivity contribution in [1.82, 2.24) is 20.5 Å². The van der Waals surface area contributed by atoms with Crippen LogP contribution >= 0.6 is 11.6 Å². The van der Waals surface area contributed by atoms with Gasteiger partial charge in [0, 0.05) is 30.0 Å². The van der Waals surface area contributed by atoms with Crippen molar-refractivity contribution in [2.75, 3.05) is 6.54 Å². The van der Waals surface area contributed by atoms with E-state index in [9.17, 15) is 9.59 Å². The summed E-state index contributed by atoms with van der Waals surface area (Å²) in [6, 6.07) is 7.00. The number of nitrogens with zero attached hydrogens (tertiary/aromatic N) is 2. The number of rotatable bonds is 6. The Hall–Kier alpha value is -2.21. The third kappa shape index (κ3) is 4.39. The lowest BCUT2D eigenvalue weighted by Crippen LogP contribution is -2.27. The predicted octanol–water partition coefficient (Wildman–Crippen LogP) is 1.94. The fourth-order valence-corrected chi connectivity index (χ4v) is 2.38. The van der Waals surface area contributed by atoms with Crippen molar-refractivity contribution in [2.24, 2.45) is 5.92 Å². The van der Waals surface area contributed by atoms with Gasteiger partial charge < -0.3 is 10.3 Å². The second-order valence-electron chi connectivity index (χ2n) is 5.71. The first-order valence-corrected chi connectivity index (χ1v) is 7.98. The summed E-state index contributed by atoms with van der Waals surface area (Å²) in [5.41, 5.74) is 0.623. The number of carbonyl (C=O) groups excluding carboxylic acids is 1. The van der Waals surface area contributed by atoms with E-state index in [0.717, 1.165) is 6.54 Å². The lowest BCUT2D eigenvalue weighted by Gasteiger charge is -2.04. The molecule has 1 amide bonds. The third-order valence-electron chi connectivity index (χ3n) is 3.74. The quantitative estimate of drug-likeness (QED) is 0.846. The highest BCUT2D eigenvalue weighted by Gasteiger charge is 2.21. The van der Waals surface area contributed by atoms with Crippen LogP contribution in [0.3, 0.4) is 0 Å². The molecule has 1 heterocycles. The Balaban J connectivity index is 1.62. The zero-order chi connectivity index (χ0) is 16.2. The van der Waals surface area contributed by atoms with E-state index in [0.29, 0.717) is 22.3 Å². The van der Waals surface area contributed by atoms with Crippen LogP contribution in [0.1, 0.15) is 25.0 Å². The number of aromatic nitrogens is 3. The molecule has 1 saturated carbocycles. The monoisotopic (exact) mass is 332 g/mol. The lowest BCUT2D eigenvalue weighted by molar-refractivity contribution is -0.121. The van der Waals surface area contributed by atoms with Gasteiger partial charge in [-0.1, -0.05) is 23.7 Å². The Morgan fingerprint density at radius 1 is 1.35 bits per heavy atom. The molecule has 0 aliphatic heterocycles. The van der Waals surface area contributed by atoms with Crippen molar-refractivity contribution in [3.8, 4) is 11.4 Å². The molecule has 0 atom stereocenters. The van der Waals surface area contributed by atoms with E-state index in [2.05, 4.69) is 20.5 Å². The van der Waals surface area contributed by atoms with Crippen molar-refractivity contribution in [2.45, 2.75) is 25.7 Å².